The zero-order valence-corrected chi connectivity index (χ0v) is 12.5. The third-order valence-corrected chi connectivity index (χ3v) is 4.22. The van der Waals surface area contributed by atoms with Crippen LogP contribution in [0, 0.1) is 0 Å². The van der Waals surface area contributed by atoms with Gasteiger partial charge in [0.15, 0.2) is 0 Å². The van der Waals surface area contributed by atoms with Crippen molar-refractivity contribution in [1.29, 1.82) is 0 Å². The molecule has 0 heterocycles. The smallest absolute Gasteiger partial charge is 0.125 e. The minimum absolute atomic E-state index is 0.457. The zero-order valence-electron chi connectivity index (χ0n) is 12.5. The Morgan fingerprint density at radius 1 is 1.10 bits per heavy atom. The number of para-hydroxylation sites is 1. The number of benzene rings is 2. The molecule has 0 fully saturated rings. The van der Waals surface area contributed by atoms with Crippen LogP contribution in [0.25, 0.3) is 0 Å². The number of fused-ring (bicyclic) bond motifs is 1. The molecule has 110 valence electrons. The molecule has 1 aliphatic rings. The lowest BCUT2D eigenvalue weighted by Crippen LogP contribution is -2.02. The maximum Gasteiger partial charge on any atom is 0.125 e. The minimum Gasteiger partial charge on any atom is -0.489 e. The lowest BCUT2D eigenvalue weighted by atomic mass is 10.1. The average Bonchev–Trinajstić information content (AvgIpc) is 3.00. The quantitative estimate of drug-likeness (QED) is 0.890. The summed E-state index contributed by atoms with van der Waals surface area (Å²) >= 11 is 0. The molecule has 2 aromatic rings. The van der Waals surface area contributed by atoms with Gasteiger partial charge in [0, 0.05) is 5.56 Å². The first kappa shape index (κ1) is 14.2. The van der Waals surface area contributed by atoms with E-state index in [1.807, 2.05) is 31.2 Å². The highest BCUT2D eigenvalue weighted by atomic mass is 16.5. The van der Waals surface area contributed by atoms with Crippen molar-refractivity contribution in [2.24, 2.45) is 0 Å². The Morgan fingerprint density at radius 2 is 1.90 bits per heavy atom. The molecule has 21 heavy (non-hydrogen) atoms. The molecule has 2 aromatic carbocycles. The maximum atomic E-state index is 10.1. The summed E-state index contributed by atoms with van der Waals surface area (Å²) < 4.78 is 5.95. The number of ether oxygens (including phenoxy) is 1. The topological polar surface area (TPSA) is 29.5 Å². The van der Waals surface area contributed by atoms with E-state index in [2.05, 4.69) is 18.2 Å². The largest absolute Gasteiger partial charge is 0.489 e. The summed E-state index contributed by atoms with van der Waals surface area (Å²) in [5.74, 6) is 0.785. The molecule has 1 N–H and O–H groups in total. The molecule has 0 spiro atoms. The van der Waals surface area contributed by atoms with Crippen molar-refractivity contribution < 1.29 is 9.84 Å². The number of rotatable bonds is 5. The van der Waals surface area contributed by atoms with Crippen LogP contribution >= 0.6 is 0 Å². The Kier molecular flexibility index (Phi) is 4.26. The summed E-state index contributed by atoms with van der Waals surface area (Å²) in [7, 11) is 0. The highest BCUT2D eigenvalue weighted by Crippen LogP contribution is 2.28. The third kappa shape index (κ3) is 3.11. The second-order valence-electron chi connectivity index (χ2n) is 5.71. The fraction of sp³-hybridized carbons (Fsp3) is 0.368. The van der Waals surface area contributed by atoms with Gasteiger partial charge in [0.05, 0.1) is 6.10 Å². The van der Waals surface area contributed by atoms with Crippen LogP contribution in [-0.2, 0) is 19.4 Å². The maximum absolute atomic E-state index is 10.1. The summed E-state index contributed by atoms with van der Waals surface area (Å²) in [5.41, 5.74) is 5.04. The molecule has 1 atom stereocenters. The third-order valence-electron chi connectivity index (χ3n) is 4.22. The van der Waals surface area contributed by atoms with Gasteiger partial charge < -0.3 is 9.84 Å². The summed E-state index contributed by atoms with van der Waals surface area (Å²) in [5, 5.41) is 10.1. The highest BCUT2D eigenvalue weighted by molar-refractivity contribution is 5.37. The predicted octanol–water partition coefficient (Wildman–Crippen LogP) is 4.20. The van der Waals surface area contributed by atoms with Crippen molar-refractivity contribution in [3.05, 3.63) is 64.7 Å². The van der Waals surface area contributed by atoms with Gasteiger partial charge in [-0.1, -0.05) is 43.3 Å². The van der Waals surface area contributed by atoms with Crippen LogP contribution in [0.1, 0.15) is 48.1 Å². The molecule has 0 radical (unpaired) electrons. The average molecular weight is 282 g/mol. The van der Waals surface area contributed by atoms with E-state index in [0.717, 1.165) is 11.3 Å². The van der Waals surface area contributed by atoms with Crippen molar-refractivity contribution in [2.75, 3.05) is 0 Å². The molecular formula is C19H22O2. The van der Waals surface area contributed by atoms with E-state index in [9.17, 15) is 5.11 Å². The molecule has 0 unspecified atom stereocenters. The van der Waals surface area contributed by atoms with Gasteiger partial charge in [0.25, 0.3) is 0 Å². The van der Waals surface area contributed by atoms with Gasteiger partial charge in [0.2, 0.25) is 0 Å². The Labute approximate surface area is 126 Å². The first-order chi connectivity index (χ1) is 10.3. The molecule has 2 heteroatoms. The van der Waals surface area contributed by atoms with Crippen molar-refractivity contribution in [2.45, 2.75) is 45.3 Å². The standard InChI is InChI=1S/C19H22O2/c1-2-18(20)17-8-3-4-9-19(17)21-13-14-10-11-15-6-5-7-16(15)12-14/h3-4,8-12,18,20H,2,5-7,13H2,1H3/t18-/m1/s1. The Bertz CT molecular complexity index is 619. The molecule has 0 aliphatic heterocycles. The molecule has 0 aromatic heterocycles. The zero-order chi connectivity index (χ0) is 14.7. The Morgan fingerprint density at radius 3 is 2.76 bits per heavy atom. The summed E-state index contributed by atoms with van der Waals surface area (Å²) in [6.07, 6.45) is 3.90. The van der Waals surface area contributed by atoms with Gasteiger partial charge in [-0.3, -0.25) is 0 Å². The molecule has 3 rings (SSSR count). The summed E-state index contributed by atoms with van der Waals surface area (Å²) in [6.45, 7) is 2.53. The van der Waals surface area contributed by atoms with Gasteiger partial charge in [-0.15, -0.1) is 0 Å². The predicted molar refractivity (Wildman–Crippen MR) is 84.5 cm³/mol. The number of aryl methyl sites for hydroxylation is 2. The second-order valence-corrected chi connectivity index (χ2v) is 5.71. The number of aliphatic hydroxyl groups is 1. The normalized spacial score (nSPS) is 14.8. The van der Waals surface area contributed by atoms with Gasteiger partial charge in [-0.25, -0.2) is 0 Å². The molecule has 2 nitrogen and oxygen atoms in total. The Hall–Kier alpha value is -1.80. The van der Waals surface area contributed by atoms with Crippen molar-refractivity contribution in [3.63, 3.8) is 0 Å². The highest BCUT2D eigenvalue weighted by Gasteiger charge is 2.13. The first-order valence-corrected chi connectivity index (χ1v) is 7.78. The van der Waals surface area contributed by atoms with Crippen molar-refractivity contribution in [1.82, 2.24) is 0 Å². The second kappa shape index (κ2) is 6.31. The Balaban J connectivity index is 1.73. The van der Waals surface area contributed by atoms with Gasteiger partial charge in [-0.2, -0.15) is 0 Å². The van der Waals surface area contributed by atoms with E-state index in [4.69, 9.17) is 4.74 Å². The number of aliphatic hydroxyl groups excluding tert-OH is 1. The van der Waals surface area contributed by atoms with Crippen LogP contribution < -0.4 is 4.74 Å². The van der Waals surface area contributed by atoms with Gasteiger partial charge >= 0.3 is 0 Å². The van der Waals surface area contributed by atoms with Crippen molar-refractivity contribution in [3.8, 4) is 5.75 Å². The van der Waals surface area contributed by atoms with Crippen LogP contribution in [-0.4, -0.2) is 5.11 Å². The van der Waals surface area contributed by atoms with Gasteiger partial charge in [0.1, 0.15) is 12.4 Å². The molecule has 0 bridgehead atoms. The molecule has 0 saturated carbocycles. The van der Waals surface area contributed by atoms with Crippen LogP contribution in [0.4, 0.5) is 0 Å². The van der Waals surface area contributed by atoms with Crippen LogP contribution in [0.15, 0.2) is 42.5 Å². The lowest BCUT2D eigenvalue weighted by molar-refractivity contribution is 0.166. The van der Waals surface area contributed by atoms with E-state index in [1.54, 1.807) is 0 Å². The fourth-order valence-corrected chi connectivity index (χ4v) is 2.98. The van der Waals surface area contributed by atoms with E-state index in [1.165, 1.54) is 36.0 Å². The lowest BCUT2D eigenvalue weighted by Gasteiger charge is -2.15. The molecule has 1 aliphatic carbocycles. The van der Waals surface area contributed by atoms with Gasteiger partial charge in [-0.05, 0) is 48.4 Å². The van der Waals surface area contributed by atoms with E-state index < -0.39 is 6.10 Å². The van der Waals surface area contributed by atoms with E-state index >= 15 is 0 Å². The van der Waals surface area contributed by atoms with E-state index in [-0.39, 0.29) is 0 Å². The van der Waals surface area contributed by atoms with Crippen LogP contribution in [0.2, 0.25) is 0 Å². The molecule has 0 amide bonds. The summed E-state index contributed by atoms with van der Waals surface area (Å²) in [4.78, 5) is 0. The summed E-state index contributed by atoms with van der Waals surface area (Å²) in [6, 6.07) is 14.4. The fourth-order valence-electron chi connectivity index (χ4n) is 2.98. The minimum atomic E-state index is -0.457. The monoisotopic (exact) mass is 282 g/mol. The molecule has 0 saturated heterocycles. The number of hydrogen-bond donors (Lipinski definition) is 1. The molecular weight excluding hydrogens is 260 g/mol. The van der Waals surface area contributed by atoms with Crippen molar-refractivity contribution >= 4 is 0 Å². The van der Waals surface area contributed by atoms with E-state index in [0.29, 0.717) is 13.0 Å². The number of hydrogen-bond acceptors (Lipinski definition) is 2. The SMILES string of the molecule is CC[C@@H](O)c1ccccc1OCc1ccc2c(c1)CCC2. The first-order valence-electron chi connectivity index (χ1n) is 7.78. The van der Waals surface area contributed by atoms with Crippen LogP contribution in [0.3, 0.4) is 0 Å². The van der Waals surface area contributed by atoms with Crippen LogP contribution in [0.5, 0.6) is 5.75 Å².